The van der Waals surface area contributed by atoms with E-state index in [9.17, 15) is 0 Å². The van der Waals surface area contributed by atoms with Crippen LogP contribution in [0.1, 0.15) is 22.9 Å². The van der Waals surface area contributed by atoms with Crippen molar-refractivity contribution in [3.63, 3.8) is 0 Å². The maximum Gasteiger partial charge on any atom is 0.126 e. The lowest BCUT2D eigenvalue weighted by molar-refractivity contribution is 0.280. The number of hydrogen-bond donors (Lipinski definition) is 2. The summed E-state index contributed by atoms with van der Waals surface area (Å²) < 4.78 is 0. The van der Waals surface area contributed by atoms with Gasteiger partial charge in [-0.15, -0.1) is 11.3 Å². The number of pyridine rings is 1. The van der Waals surface area contributed by atoms with E-state index in [1.807, 2.05) is 23.6 Å². The van der Waals surface area contributed by atoms with Crippen LogP contribution in [0.4, 0.5) is 5.82 Å². The lowest BCUT2D eigenvalue weighted by atomic mass is 10.2. The van der Waals surface area contributed by atoms with Crippen LogP contribution >= 0.6 is 11.3 Å². The zero-order valence-corrected chi connectivity index (χ0v) is 10.5. The Hall–Kier alpha value is -1.90. The molecule has 0 spiro atoms. The predicted octanol–water partition coefficient (Wildman–Crippen LogP) is 2.55. The van der Waals surface area contributed by atoms with Gasteiger partial charge >= 0.3 is 0 Å². The topological polar surface area (TPSA) is 68.9 Å². The molecule has 2 rings (SSSR count). The normalized spacial score (nSPS) is 11.8. The fraction of sp³-hybridized carbons (Fsp3) is 0.231. The number of aromatic nitrogens is 1. The van der Waals surface area contributed by atoms with Crippen LogP contribution in [-0.2, 0) is 0 Å². The van der Waals surface area contributed by atoms with Crippen LogP contribution in [0, 0.1) is 11.3 Å². The molecular formula is C13H13N3OS. The molecule has 4 nitrogen and oxygen atoms in total. The molecule has 0 aliphatic heterocycles. The van der Waals surface area contributed by atoms with Gasteiger partial charge in [-0.05, 0) is 30.0 Å². The van der Waals surface area contributed by atoms with Gasteiger partial charge in [0.1, 0.15) is 11.9 Å². The molecule has 0 amide bonds. The Bertz CT molecular complexity index is 516. The summed E-state index contributed by atoms with van der Waals surface area (Å²) in [5.74, 6) is 0.709. The molecule has 0 aromatic carbocycles. The standard InChI is InChI=1S/C13H13N3OS/c14-8-10-3-4-13(15-9-10)16-11(5-6-17)12-2-1-7-18-12/h1-4,7,9,11,17H,5-6H2,(H,15,16). The number of thiophene rings is 1. The number of hydrogen-bond acceptors (Lipinski definition) is 5. The van der Waals surface area contributed by atoms with E-state index in [1.54, 1.807) is 23.5 Å². The summed E-state index contributed by atoms with van der Waals surface area (Å²) in [5.41, 5.74) is 0.537. The number of nitrogens with one attached hydrogen (secondary N) is 1. The lowest BCUT2D eigenvalue weighted by Gasteiger charge is -2.16. The smallest absolute Gasteiger partial charge is 0.126 e. The van der Waals surface area contributed by atoms with Gasteiger partial charge in [-0.2, -0.15) is 5.26 Å². The summed E-state index contributed by atoms with van der Waals surface area (Å²) in [6.07, 6.45) is 2.16. The zero-order chi connectivity index (χ0) is 12.8. The number of aliphatic hydroxyl groups is 1. The molecule has 5 heteroatoms. The second-order valence-corrected chi connectivity index (χ2v) is 4.75. The number of nitriles is 1. The summed E-state index contributed by atoms with van der Waals surface area (Å²) in [6, 6.07) is 9.59. The highest BCUT2D eigenvalue weighted by molar-refractivity contribution is 7.10. The molecule has 2 heterocycles. The first-order chi connectivity index (χ1) is 8.83. The van der Waals surface area contributed by atoms with Crippen molar-refractivity contribution in [2.45, 2.75) is 12.5 Å². The Morgan fingerprint density at radius 3 is 2.89 bits per heavy atom. The number of aliphatic hydroxyl groups excluding tert-OH is 1. The Balaban J connectivity index is 2.11. The molecule has 2 N–H and O–H groups in total. The van der Waals surface area contributed by atoms with Gasteiger partial charge < -0.3 is 10.4 Å². The Kier molecular flexibility index (Phi) is 4.29. The maximum atomic E-state index is 9.10. The molecule has 0 saturated heterocycles. The van der Waals surface area contributed by atoms with Crippen molar-refractivity contribution >= 4 is 17.2 Å². The van der Waals surface area contributed by atoms with E-state index < -0.39 is 0 Å². The van der Waals surface area contributed by atoms with E-state index >= 15 is 0 Å². The second-order valence-electron chi connectivity index (χ2n) is 3.77. The van der Waals surface area contributed by atoms with Crippen LogP contribution in [0.2, 0.25) is 0 Å². The molecule has 0 radical (unpaired) electrons. The van der Waals surface area contributed by atoms with Crippen molar-refractivity contribution in [1.29, 1.82) is 5.26 Å². The van der Waals surface area contributed by atoms with Crippen molar-refractivity contribution in [2.75, 3.05) is 11.9 Å². The van der Waals surface area contributed by atoms with Crippen molar-refractivity contribution < 1.29 is 5.11 Å². The van der Waals surface area contributed by atoms with E-state index in [2.05, 4.69) is 10.3 Å². The van der Waals surface area contributed by atoms with Crippen LogP contribution in [-0.4, -0.2) is 16.7 Å². The third-order valence-corrected chi connectivity index (χ3v) is 3.51. The van der Waals surface area contributed by atoms with E-state index in [1.165, 1.54) is 6.20 Å². The SMILES string of the molecule is N#Cc1ccc(NC(CCO)c2cccs2)nc1. The highest BCUT2D eigenvalue weighted by Crippen LogP contribution is 2.25. The minimum atomic E-state index is 0.0513. The van der Waals surface area contributed by atoms with Crippen LogP contribution in [0.5, 0.6) is 0 Å². The first kappa shape index (κ1) is 12.6. The number of rotatable bonds is 5. The first-order valence-electron chi connectivity index (χ1n) is 5.60. The molecule has 1 unspecified atom stereocenters. The predicted molar refractivity (Wildman–Crippen MR) is 71.3 cm³/mol. The van der Waals surface area contributed by atoms with Gasteiger partial charge in [-0.25, -0.2) is 4.98 Å². The monoisotopic (exact) mass is 259 g/mol. The molecule has 0 saturated carbocycles. The van der Waals surface area contributed by atoms with Gasteiger partial charge in [0, 0.05) is 17.7 Å². The van der Waals surface area contributed by atoms with Gasteiger partial charge in [0.05, 0.1) is 11.6 Å². The third kappa shape index (κ3) is 3.06. The van der Waals surface area contributed by atoms with E-state index in [4.69, 9.17) is 10.4 Å². The second kappa shape index (κ2) is 6.15. The Morgan fingerprint density at radius 1 is 1.44 bits per heavy atom. The highest BCUT2D eigenvalue weighted by atomic mass is 32.1. The highest BCUT2D eigenvalue weighted by Gasteiger charge is 2.12. The van der Waals surface area contributed by atoms with Gasteiger partial charge in [-0.1, -0.05) is 6.07 Å². The molecule has 18 heavy (non-hydrogen) atoms. The lowest BCUT2D eigenvalue weighted by Crippen LogP contribution is -2.12. The van der Waals surface area contributed by atoms with Crippen molar-refractivity contribution in [3.05, 3.63) is 46.3 Å². The van der Waals surface area contributed by atoms with Gasteiger partial charge in [-0.3, -0.25) is 0 Å². The molecular weight excluding hydrogens is 246 g/mol. The Morgan fingerprint density at radius 2 is 2.33 bits per heavy atom. The molecule has 0 bridgehead atoms. The third-order valence-electron chi connectivity index (χ3n) is 2.52. The number of anilines is 1. The fourth-order valence-corrected chi connectivity index (χ4v) is 2.44. The largest absolute Gasteiger partial charge is 0.396 e. The minimum absolute atomic E-state index is 0.0513. The van der Waals surface area contributed by atoms with Crippen LogP contribution in [0.25, 0.3) is 0 Å². The molecule has 2 aromatic heterocycles. The van der Waals surface area contributed by atoms with Crippen LogP contribution in [0.3, 0.4) is 0 Å². The Labute approximate surface area is 110 Å². The van der Waals surface area contributed by atoms with Gasteiger partial charge in [0.2, 0.25) is 0 Å². The first-order valence-corrected chi connectivity index (χ1v) is 6.48. The quantitative estimate of drug-likeness (QED) is 0.865. The van der Waals surface area contributed by atoms with Crippen molar-refractivity contribution in [2.24, 2.45) is 0 Å². The van der Waals surface area contributed by atoms with Crippen LogP contribution in [0.15, 0.2) is 35.8 Å². The summed E-state index contributed by atoms with van der Waals surface area (Å²) in [5, 5.41) is 23.1. The average Bonchev–Trinajstić information content (AvgIpc) is 2.93. The summed E-state index contributed by atoms with van der Waals surface area (Å²) >= 11 is 1.64. The molecule has 0 fully saturated rings. The van der Waals surface area contributed by atoms with Gasteiger partial charge in [0.25, 0.3) is 0 Å². The summed E-state index contributed by atoms with van der Waals surface area (Å²) in [6.45, 7) is 0.117. The molecule has 0 aliphatic rings. The minimum Gasteiger partial charge on any atom is -0.396 e. The van der Waals surface area contributed by atoms with E-state index in [0.29, 0.717) is 17.8 Å². The average molecular weight is 259 g/mol. The van der Waals surface area contributed by atoms with E-state index in [-0.39, 0.29) is 12.6 Å². The van der Waals surface area contributed by atoms with Crippen LogP contribution < -0.4 is 5.32 Å². The van der Waals surface area contributed by atoms with Crippen molar-refractivity contribution in [1.82, 2.24) is 4.98 Å². The molecule has 92 valence electrons. The number of nitrogens with zero attached hydrogens (tertiary/aromatic N) is 2. The summed E-state index contributed by atoms with van der Waals surface area (Å²) in [4.78, 5) is 5.33. The molecule has 1 atom stereocenters. The molecule has 2 aromatic rings. The molecule has 0 aliphatic carbocycles. The fourth-order valence-electron chi connectivity index (χ4n) is 1.63. The van der Waals surface area contributed by atoms with E-state index in [0.717, 1.165) is 4.88 Å². The summed E-state index contributed by atoms with van der Waals surface area (Å²) in [7, 11) is 0. The van der Waals surface area contributed by atoms with Gasteiger partial charge in [0.15, 0.2) is 0 Å². The van der Waals surface area contributed by atoms with Crippen molar-refractivity contribution in [3.8, 4) is 6.07 Å². The maximum absolute atomic E-state index is 9.10. The zero-order valence-electron chi connectivity index (χ0n) is 9.71.